The van der Waals surface area contributed by atoms with Gasteiger partial charge in [0.15, 0.2) is 6.04 Å². The predicted molar refractivity (Wildman–Crippen MR) is 151 cm³/mol. The number of hydrogen-bond donors (Lipinski definition) is 1. The maximum absolute atomic E-state index is 14.2. The van der Waals surface area contributed by atoms with E-state index in [2.05, 4.69) is 24.1 Å². The molecule has 218 valence electrons. The molecule has 1 aliphatic rings. The lowest BCUT2D eigenvalue weighted by Crippen LogP contribution is -2.44. The fraction of sp³-hybridized carbons (Fsp3) is 0.500. The Morgan fingerprint density at radius 1 is 1.18 bits per heavy atom. The van der Waals surface area contributed by atoms with Gasteiger partial charge in [0.05, 0.1) is 39.7 Å². The van der Waals surface area contributed by atoms with Gasteiger partial charge in [-0.05, 0) is 54.3 Å². The summed E-state index contributed by atoms with van der Waals surface area (Å²) in [6, 6.07) is 5.59. The molecule has 3 heterocycles. The molecule has 1 aromatic carbocycles. The molecule has 7 nitrogen and oxygen atoms in total. The van der Waals surface area contributed by atoms with Crippen LogP contribution in [0.2, 0.25) is 0 Å². The van der Waals surface area contributed by atoms with Gasteiger partial charge >= 0.3 is 6.18 Å². The average Bonchev–Trinajstić information content (AvgIpc) is 3.36. The number of rotatable bonds is 9. The molecule has 2 aromatic heterocycles. The largest absolute Gasteiger partial charge is 0.413 e. The molecule has 0 spiro atoms. The van der Waals surface area contributed by atoms with Crippen LogP contribution in [0, 0.1) is 11.8 Å². The number of carbonyl (C=O) groups excluding carboxylic acids is 1. The minimum atomic E-state index is -4.72. The fourth-order valence-electron chi connectivity index (χ4n) is 5.20. The first kappa shape index (κ1) is 30.3. The maximum Gasteiger partial charge on any atom is 0.413 e. The van der Waals surface area contributed by atoms with Gasteiger partial charge in [-0.15, -0.1) is 11.3 Å². The summed E-state index contributed by atoms with van der Waals surface area (Å²) in [5, 5.41) is 5.27. The number of pyridine rings is 1. The van der Waals surface area contributed by atoms with Gasteiger partial charge in [-0.25, -0.2) is 8.42 Å². The SMILES string of the molecule is COC(CC(C)C)c1c(Nc2ccc([C@H](N(C)C(=O)C3CCS(=O)(=O)CC3)C(F)(F)F)cc2)cnc2ccsc12. The number of amides is 1. The van der Waals surface area contributed by atoms with Gasteiger partial charge in [-0.2, -0.15) is 13.2 Å². The zero-order valence-electron chi connectivity index (χ0n) is 22.9. The van der Waals surface area contributed by atoms with Crippen molar-refractivity contribution < 1.29 is 31.1 Å². The lowest BCUT2D eigenvalue weighted by Gasteiger charge is -2.34. The van der Waals surface area contributed by atoms with Crippen LogP contribution in [0.1, 0.15) is 56.4 Å². The third kappa shape index (κ3) is 6.77. The number of fused-ring (bicyclic) bond motifs is 1. The second kappa shape index (κ2) is 12.0. The van der Waals surface area contributed by atoms with Crippen LogP contribution in [0.5, 0.6) is 0 Å². The Hall–Kier alpha value is -2.70. The Labute approximate surface area is 236 Å². The highest BCUT2D eigenvalue weighted by atomic mass is 32.2. The number of methoxy groups -OCH3 is 1. The lowest BCUT2D eigenvalue weighted by molar-refractivity contribution is -0.190. The van der Waals surface area contributed by atoms with E-state index >= 15 is 0 Å². The minimum absolute atomic E-state index is 0.0309. The zero-order valence-corrected chi connectivity index (χ0v) is 24.5. The number of aromatic nitrogens is 1. The molecule has 3 aromatic rings. The van der Waals surface area contributed by atoms with Crippen LogP contribution >= 0.6 is 11.3 Å². The molecule has 1 fully saturated rings. The molecule has 0 aliphatic carbocycles. The number of alkyl halides is 3. The van der Waals surface area contributed by atoms with E-state index in [0.717, 1.165) is 29.2 Å². The van der Waals surface area contributed by atoms with E-state index < -0.39 is 33.9 Å². The van der Waals surface area contributed by atoms with Crippen molar-refractivity contribution in [1.29, 1.82) is 0 Å². The molecule has 0 saturated carbocycles. The van der Waals surface area contributed by atoms with E-state index in [1.54, 1.807) is 36.8 Å². The summed E-state index contributed by atoms with van der Waals surface area (Å²) < 4.78 is 73.0. The molecular formula is C28H34F3N3O4S2. The number of carbonyl (C=O) groups is 1. The Morgan fingerprint density at radius 2 is 1.82 bits per heavy atom. The molecule has 1 N–H and O–H groups in total. The van der Waals surface area contributed by atoms with Gasteiger partial charge in [-0.3, -0.25) is 9.78 Å². The first-order chi connectivity index (χ1) is 18.8. The number of ether oxygens (including phenoxy) is 1. The monoisotopic (exact) mass is 597 g/mol. The second-order valence-electron chi connectivity index (χ2n) is 10.6. The quantitative estimate of drug-likeness (QED) is 0.297. The molecule has 1 aliphatic heterocycles. The minimum Gasteiger partial charge on any atom is -0.377 e. The van der Waals surface area contributed by atoms with Crippen molar-refractivity contribution in [1.82, 2.24) is 9.88 Å². The van der Waals surface area contributed by atoms with Gasteiger partial charge in [0.2, 0.25) is 5.91 Å². The lowest BCUT2D eigenvalue weighted by atomic mass is 9.97. The van der Waals surface area contributed by atoms with E-state index in [9.17, 15) is 26.4 Å². The summed E-state index contributed by atoms with van der Waals surface area (Å²) in [5.41, 5.74) is 2.99. The topological polar surface area (TPSA) is 88.6 Å². The van der Waals surface area contributed by atoms with Gasteiger partial charge in [0.25, 0.3) is 0 Å². The van der Waals surface area contributed by atoms with Crippen LogP contribution in [0.25, 0.3) is 10.2 Å². The van der Waals surface area contributed by atoms with Crippen molar-refractivity contribution in [3.63, 3.8) is 0 Å². The molecule has 1 unspecified atom stereocenters. The number of nitrogens with one attached hydrogen (secondary N) is 1. The standard InChI is InChI=1S/C28H34F3N3O4S2/c1-17(2)15-23(38-4)24-22(16-32-21-9-12-39-25(21)24)33-20-7-5-18(6-8-20)26(28(29,30)31)34(3)27(35)19-10-13-40(36,37)14-11-19/h5-9,12,16-17,19,23,26,33H,10-11,13-15H2,1-4H3/t23?,26-/m0/s1. The van der Waals surface area contributed by atoms with Crippen LogP contribution in [0.4, 0.5) is 24.5 Å². The van der Waals surface area contributed by atoms with E-state index in [1.807, 2.05) is 11.4 Å². The molecule has 0 bridgehead atoms. The Balaban J connectivity index is 1.59. The second-order valence-corrected chi connectivity index (χ2v) is 13.9. The highest BCUT2D eigenvalue weighted by Gasteiger charge is 2.46. The molecule has 2 atom stereocenters. The van der Waals surface area contributed by atoms with Gasteiger partial charge in [0.1, 0.15) is 9.84 Å². The van der Waals surface area contributed by atoms with Crippen LogP contribution in [0.15, 0.2) is 41.9 Å². The number of nitrogens with zero attached hydrogens (tertiary/aromatic N) is 2. The predicted octanol–water partition coefficient (Wildman–Crippen LogP) is 6.66. The summed E-state index contributed by atoms with van der Waals surface area (Å²) in [5.74, 6) is -1.46. The molecule has 0 radical (unpaired) electrons. The van der Waals surface area contributed by atoms with Crippen molar-refractivity contribution in [2.45, 2.75) is 51.4 Å². The summed E-state index contributed by atoms with van der Waals surface area (Å²) in [4.78, 5) is 18.2. The zero-order chi connectivity index (χ0) is 29.2. The number of hydrogen-bond acceptors (Lipinski definition) is 7. The number of sulfone groups is 1. The molecular weight excluding hydrogens is 563 g/mol. The van der Waals surface area contributed by atoms with Gasteiger partial charge in [0, 0.05) is 31.3 Å². The summed E-state index contributed by atoms with van der Waals surface area (Å²) in [6.45, 7) is 4.22. The van der Waals surface area contributed by atoms with E-state index in [4.69, 9.17) is 4.74 Å². The Morgan fingerprint density at radius 3 is 2.40 bits per heavy atom. The molecule has 1 saturated heterocycles. The van der Waals surface area contributed by atoms with Crippen LogP contribution in [-0.4, -0.2) is 56.0 Å². The summed E-state index contributed by atoms with van der Waals surface area (Å²) in [6.07, 6.45) is -2.37. The fourth-order valence-corrected chi connectivity index (χ4v) is 7.63. The average molecular weight is 598 g/mol. The first-order valence-corrected chi connectivity index (χ1v) is 15.8. The van der Waals surface area contributed by atoms with Crippen molar-refractivity contribution in [3.05, 3.63) is 53.0 Å². The summed E-state index contributed by atoms with van der Waals surface area (Å²) in [7, 11) is -0.455. The number of halogens is 3. The molecule has 12 heteroatoms. The van der Waals surface area contributed by atoms with Gasteiger partial charge < -0.3 is 15.0 Å². The number of benzene rings is 1. The number of anilines is 2. The van der Waals surface area contributed by atoms with Crippen molar-refractivity contribution >= 4 is 48.7 Å². The third-order valence-electron chi connectivity index (χ3n) is 7.26. The third-order valence-corrected chi connectivity index (χ3v) is 9.91. The molecule has 1 amide bonds. The number of thiophene rings is 1. The van der Waals surface area contributed by atoms with Gasteiger partial charge in [-0.1, -0.05) is 26.0 Å². The van der Waals surface area contributed by atoms with Crippen molar-refractivity contribution in [2.75, 3.05) is 31.0 Å². The Bertz CT molecular complexity index is 1430. The highest BCUT2D eigenvalue weighted by molar-refractivity contribution is 7.91. The van der Waals surface area contributed by atoms with Crippen LogP contribution in [0.3, 0.4) is 0 Å². The van der Waals surface area contributed by atoms with Crippen LogP contribution < -0.4 is 5.32 Å². The summed E-state index contributed by atoms with van der Waals surface area (Å²) >= 11 is 1.56. The van der Waals surface area contributed by atoms with E-state index in [-0.39, 0.29) is 36.0 Å². The van der Waals surface area contributed by atoms with Crippen molar-refractivity contribution in [3.8, 4) is 0 Å². The van der Waals surface area contributed by atoms with E-state index in [0.29, 0.717) is 22.2 Å². The smallest absolute Gasteiger partial charge is 0.377 e. The normalized spacial score (nSPS) is 17.6. The first-order valence-electron chi connectivity index (χ1n) is 13.1. The maximum atomic E-state index is 14.2. The highest BCUT2D eigenvalue weighted by Crippen LogP contribution is 2.41. The molecule has 4 rings (SSSR count). The van der Waals surface area contributed by atoms with Crippen molar-refractivity contribution in [2.24, 2.45) is 11.8 Å². The molecule has 40 heavy (non-hydrogen) atoms. The van der Waals surface area contributed by atoms with E-state index in [1.165, 1.54) is 12.1 Å². The van der Waals surface area contributed by atoms with Crippen LogP contribution in [-0.2, 0) is 19.4 Å². The Kier molecular flexibility index (Phi) is 9.11.